The second-order valence-corrected chi connectivity index (χ2v) is 4.77. The van der Waals surface area contributed by atoms with E-state index >= 15 is 0 Å². The summed E-state index contributed by atoms with van der Waals surface area (Å²) < 4.78 is 5.59. The van der Waals surface area contributed by atoms with Crippen LogP contribution in [0, 0.1) is 0 Å². The summed E-state index contributed by atoms with van der Waals surface area (Å²) >= 11 is 0. The summed E-state index contributed by atoms with van der Waals surface area (Å²) in [6.07, 6.45) is 0.966. The maximum absolute atomic E-state index is 12.2. The fourth-order valence-electron chi connectivity index (χ4n) is 2.18. The number of carbonyl (C=O) groups excluding carboxylic acids is 2. The van der Waals surface area contributed by atoms with Gasteiger partial charge in [-0.3, -0.25) is 9.59 Å². The van der Waals surface area contributed by atoms with Crippen molar-refractivity contribution in [3.8, 4) is 5.75 Å². The molecule has 0 spiro atoms. The molecule has 1 aliphatic rings. The molecule has 0 bridgehead atoms. The highest BCUT2D eigenvalue weighted by atomic mass is 16.5. The van der Waals surface area contributed by atoms with Crippen molar-refractivity contribution < 1.29 is 14.3 Å². The molecule has 1 N–H and O–H groups in total. The first kappa shape index (κ1) is 14.4. The minimum atomic E-state index is -0.401. The molecule has 1 heterocycles. The third-order valence-corrected chi connectivity index (χ3v) is 3.34. The predicted octanol–water partition coefficient (Wildman–Crippen LogP) is 1.19. The normalized spacial score (nSPS) is 19.4. The van der Waals surface area contributed by atoms with Crippen molar-refractivity contribution in [3.05, 3.63) is 30.3 Å². The van der Waals surface area contributed by atoms with Crippen molar-refractivity contribution in [2.45, 2.75) is 25.8 Å². The number of amides is 2. The molecular weight excluding hydrogens is 256 g/mol. The molecule has 0 radical (unpaired) electrons. The van der Waals surface area contributed by atoms with Crippen molar-refractivity contribution in [2.75, 3.05) is 19.7 Å². The number of ether oxygens (including phenoxy) is 1. The largest absolute Gasteiger partial charge is 0.492 e. The van der Waals surface area contributed by atoms with Crippen LogP contribution in [0.2, 0.25) is 0 Å². The van der Waals surface area contributed by atoms with E-state index < -0.39 is 6.04 Å². The molecule has 0 aliphatic carbocycles. The summed E-state index contributed by atoms with van der Waals surface area (Å²) in [5, 5.41) is 2.75. The van der Waals surface area contributed by atoms with Crippen LogP contribution in [-0.2, 0) is 9.59 Å². The summed E-state index contributed by atoms with van der Waals surface area (Å²) in [6, 6.07) is 9.09. The summed E-state index contributed by atoms with van der Waals surface area (Å²) in [5.41, 5.74) is 0. The lowest BCUT2D eigenvalue weighted by Gasteiger charge is -2.23. The van der Waals surface area contributed by atoms with Gasteiger partial charge in [0.1, 0.15) is 18.4 Å². The van der Waals surface area contributed by atoms with E-state index in [0.717, 1.165) is 5.75 Å². The number of hydrogen-bond donors (Lipinski definition) is 1. The topological polar surface area (TPSA) is 58.6 Å². The van der Waals surface area contributed by atoms with Crippen LogP contribution in [0.3, 0.4) is 0 Å². The predicted molar refractivity (Wildman–Crippen MR) is 75.4 cm³/mol. The van der Waals surface area contributed by atoms with Crippen molar-refractivity contribution in [3.63, 3.8) is 0 Å². The Morgan fingerprint density at radius 1 is 1.30 bits per heavy atom. The Labute approximate surface area is 118 Å². The third kappa shape index (κ3) is 3.73. The van der Waals surface area contributed by atoms with Crippen LogP contribution in [0.1, 0.15) is 19.8 Å². The number of nitrogens with zero attached hydrogens (tertiary/aromatic N) is 1. The van der Waals surface area contributed by atoms with E-state index in [2.05, 4.69) is 5.32 Å². The molecule has 1 aromatic rings. The van der Waals surface area contributed by atoms with Gasteiger partial charge >= 0.3 is 0 Å². The highest BCUT2D eigenvalue weighted by Crippen LogP contribution is 2.10. The van der Waals surface area contributed by atoms with Gasteiger partial charge < -0.3 is 15.0 Å². The van der Waals surface area contributed by atoms with E-state index in [9.17, 15) is 9.59 Å². The van der Waals surface area contributed by atoms with Gasteiger partial charge in [-0.25, -0.2) is 0 Å². The van der Waals surface area contributed by atoms with Crippen LogP contribution >= 0.6 is 0 Å². The van der Waals surface area contributed by atoms with Gasteiger partial charge in [0.15, 0.2) is 0 Å². The fourth-order valence-corrected chi connectivity index (χ4v) is 2.18. The molecule has 2 rings (SSSR count). The Balaban J connectivity index is 1.87. The Bertz CT molecular complexity index is 461. The average Bonchev–Trinajstić information content (AvgIpc) is 2.61. The van der Waals surface area contributed by atoms with Gasteiger partial charge in [-0.2, -0.15) is 0 Å². The molecule has 108 valence electrons. The van der Waals surface area contributed by atoms with Gasteiger partial charge in [0.05, 0.1) is 6.54 Å². The van der Waals surface area contributed by atoms with E-state index in [4.69, 9.17) is 4.74 Å². The van der Waals surface area contributed by atoms with Crippen molar-refractivity contribution in [2.24, 2.45) is 0 Å². The van der Waals surface area contributed by atoms with Gasteiger partial charge in [-0.1, -0.05) is 25.1 Å². The van der Waals surface area contributed by atoms with Crippen LogP contribution < -0.4 is 10.1 Å². The quantitative estimate of drug-likeness (QED) is 0.879. The second-order valence-electron chi connectivity index (χ2n) is 4.77. The number of para-hydroxylation sites is 1. The van der Waals surface area contributed by atoms with Crippen LogP contribution in [0.4, 0.5) is 0 Å². The number of benzene rings is 1. The Hall–Kier alpha value is -2.04. The summed E-state index contributed by atoms with van der Waals surface area (Å²) in [4.78, 5) is 25.4. The first-order valence-electron chi connectivity index (χ1n) is 6.96. The van der Waals surface area contributed by atoms with Crippen molar-refractivity contribution >= 4 is 11.8 Å². The minimum absolute atomic E-state index is 0.0185. The Morgan fingerprint density at radius 3 is 2.75 bits per heavy atom. The highest BCUT2D eigenvalue weighted by molar-refractivity contribution is 5.89. The van der Waals surface area contributed by atoms with Crippen LogP contribution in [0.25, 0.3) is 0 Å². The third-order valence-electron chi connectivity index (χ3n) is 3.34. The Kier molecular flexibility index (Phi) is 4.98. The van der Waals surface area contributed by atoms with E-state index in [-0.39, 0.29) is 11.8 Å². The highest BCUT2D eigenvalue weighted by Gasteiger charge is 2.28. The van der Waals surface area contributed by atoms with E-state index in [0.29, 0.717) is 32.5 Å². The number of hydrogen-bond acceptors (Lipinski definition) is 3. The molecule has 1 aliphatic heterocycles. The molecule has 1 aromatic carbocycles. The zero-order valence-corrected chi connectivity index (χ0v) is 11.7. The molecule has 5 heteroatoms. The zero-order valence-electron chi connectivity index (χ0n) is 11.7. The lowest BCUT2D eigenvalue weighted by molar-refractivity contribution is -0.133. The van der Waals surface area contributed by atoms with Gasteiger partial charge in [-0.05, 0) is 18.6 Å². The smallest absolute Gasteiger partial charge is 0.245 e. The summed E-state index contributed by atoms with van der Waals surface area (Å²) in [6.45, 7) is 3.28. The fraction of sp³-hybridized carbons (Fsp3) is 0.467. The molecule has 0 aromatic heterocycles. The van der Waals surface area contributed by atoms with Gasteiger partial charge in [-0.15, -0.1) is 0 Å². The van der Waals surface area contributed by atoms with E-state index in [1.54, 1.807) is 4.90 Å². The second kappa shape index (κ2) is 6.93. The van der Waals surface area contributed by atoms with Gasteiger partial charge in [0, 0.05) is 13.0 Å². The molecular formula is C15H20N2O3. The van der Waals surface area contributed by atoms with E-state index in [1.807, 2.05) is 37.3 Å². The lowest BCUT2D eigenvalue weighted by atomic mass is 10.2. The maximum Gasteiger partial charge on any atom is 0.245 e. The van der Waals surface area contributed by atoms with Crippen LogP contribution in [0.15, 0.2) is 30.3 Å². The molecule has 1 saturated heterocycles. The molecule has 5 nitrogen and oxygen atoms in total. The maximum atomic E-state index is 12.2. The van der Waals surface area contributed by atoms with Gasteiger partial charge in [0.25, 0.3) is 0 Å². The zero-order chi connectivity index (χ0) is 14.4. The molecule has 2 amide bonds. The lowest BCUT2D eigenvalue weighted by Crippen LogP contribution is -2.45. The molecule has 20 heavy (non-hydrogen) atoms. The molecule has 1 atom stereocenters. The molecule has 1 fully saturated rings. The van der Waals surface area contributed by atoms with Crippen LogP contribution in [-0.4, -0.2) is 42.5 Å². The standard InChI is InChI=1S/C15H20N2O3/c1-2-13-15(19)17(9-8-14(18)16-13)10-11-20-12-6-4-3-5-7-12/h3-7,13H,2,8-11H2,1H3,(H,16,18). The van der Waals surface area contributed by atoms with E-state index in [1.165, 1.54) is 0 Å². The average molecular weight is 276 g/mol. The first-order chi connectivity index (χ1) is 9.70. The molecule has 1 unspecified atom stereocenters. The summed E-state index contributed by atoms with van der Waals surface area (Å²) in [5.74, 6) is 0.711. The number of nitrogens with one attached hydrogen (secondary N) is 1. The first-order valence-corrected chi connectivity index (χ1v) is 6.96. The Morgan fingerprint density at radius 2 is 2.05 bits per heavy atom. The van der Waals surface area contributed by atoms with Gasteiger partial charge in [0.2, 0.25) is 11.8 Å². The monoisotopic (exact) mass is 276 g/mol. The van der Waals surface area contributed by atoms with Crippen molar-refractivity contribution in [1.29, 1.82) is 0 Å². The SMILES string of the molecule is CCC1NC(=O)CCN(CCOc2ccccc2)C1=O. The minimum Gasteiger partial charge on any atom is -0.492 e. The number of rotatable bonds is 5. The molecule has 0 saturated carbocycles. The van der Waals surface area contributed by atoms with Crippen molar-refractivity contribution in [1.82, 2.24) is 10.2 Å². The summed E-state index contributed by atoms with van der Waals surface area (Å²) in [7, 11) is 0. The number of carbonyl (C=O) groups is 2. The van der Waals surface area contributed by atoms with Crippen LogP contribution in [0.5, 0.6) is 5.75 Å².